The van der Waals surface area contributed by atoms with Gasteiger partial charge in [0.2, 0.25) is 5.91 Å². The Labute approximate surface area is 135 Å². The first-order valence-electron chi connectivity index (χ1n) is 7.13. The van der Waals surface area contributed by atoms with Gasteiger partial charge in [-0.05, 0) is 31.2 Å². The first-order chi connectivity index (χ1) is 10.5. The Morgan fingerprint density at radius 1 is 1.27 bits per heavy atom. The number of nitrogens with zero attached hydrogens (tertiary/aromatic N) is 2. The van der Waals surface area contributed by atoms with E-state index in [1.54, 1.807) is 38.0 Å². The van der Waals surface area contributed by atoms with E-state index in [1.807, 2.05) is 6.92 Å². The van der Waals surface area contributed by atoms with E-state index in [4.69, 9.17) is 0 Å². The van der Waals surface area contributed by atoms with Crippen molar-refractivity contribution < 1.29 is 9.18 Å². The minimum atomic E-state index is -0.227. The maximum Gasteiger partial charge on any atom is 0.243 e. The molecule has 0 saturated heterocycles. The average Bonchev–Trinajstić information content (AvgIpc) is 2.50. The van der Waals surface area contributed by atoms with E-state index in [-0.39, 0.29) is 18.3 Å². The molecule has 0 fully saturated rings. The molecule has 0 aliphatic carbocycles. The van der Waals surface area contributed by atoms with Gasteiger partial charge in [0.15, 0.2) is 5.96 Å². The maximum atomic E-state index is 12.8. The number of aliphatic imine (C=N–C) groups is 1. The largest absolute Gasteiger partial charge is 0.357 e. The van der Waals surface area contributed by atoms with Gasteiger partial charge >= 0.3 is 0 Å². The molecular formula is C15H23FN4OS. The van der Waals surface area contributed by atoms with Gasteiger partial charge in [-0.15, -0.1) is 11.8 Å². The van der Waals surface area contributed by atoms with Crippen molar-refractivity contribution in [2.24, 2.45) is 4.99 Å². The number of hydrogen-bond acceptors (Lipinski definition) is 3. The Morgan fingerprint density at radius 3 is 2.55 bits per heavy atom. The third kappa shape index (κ3) is 7.31. The Bertz CT molecular complexity index is 491. The molecule has 0 aromatic heterocycles. The summed E-state index contributed by atoms with van der Waals surface area (Å²) < 4.78 is 12.8. The lowest BCUT2D eigenvalue weighted by atomic mass is 10.4. The number of likely N-dealkylation sites (N-methyl/N-ethyl adjacent to an activating group) is 1. The number of guanidine groups is 1. The van der Waals surface area contributed by atoms with E-state index in [2.05, 4.69) is 15.6 Å². The highest BCUT2D eigenvalue weighted by Crippen LogP contribution is 2.17. The summed E-state index contributed by atoms with van der Waals surface area (Å²) in [6.45, 7) is 3.52. The topological polar surface area (TPSA) is 56.7 Å². The van der Waals surface area contributed by atoms with Gasteiger partial charge < -0.3 is 15.5 Å². The van der Waals surface area contributed by atoms with Crippen LogP contribution in [-0.4, -0.2) is 56.2 Å². The monoisotopic (exact) mass is 326 g/mol. The third-order valence-corrected chi connectivity index (χ3v) is 3.71. The van der Waals surface area contributed by atoms with Crippen molar-refractivity contribution in [2.45, 2.75) is 11.8 Å². The van der Waals surface area contributed by atoms with Crippen LogP contribution >= 0.6 is 11.8 Å². The zero-order valence-electron chi connectivity index (χ0n) is 13.2. The van der Waals surface area contributed by atoms with Crippen molar-refractivity contribution in [3.05, 3.63) is 30.1 Å². The zero-order chi connectivity index (χ0) is 16.4. The summed E-state index contributed by atoms with van der Waals surface area (Å²) in [7, 11) is 3.41. The van der Waals surface area contributed by atoms with Gasteiger partial charge in [0, 0.05) is 37.8 Å². The van der Waals surface area contributed by atoms with Crippen LogP contribution in [0.25, 0.3) is 0 Å². The molecule has 5 nitrogen and oxygen atoms in total. The second kappa shape index (κ2) is 10.0. The van der Waals surface area contributed by atoms with Gasteiger partial charge in [0.05, 0.1) is 0 Å². The first-order valence-corrected chi connectivity index (χ1v) is 8.12. The number of thioether (sulfide) groups is 1. The minimum absolute atomic E-state index is 0.0436. The number of benzene rings is 1. The maximum absolute atomic E-state index is 12.8. The smallest absolute Gasteiger partial charge is 0.243 e. The lowest BCUT2D eigenvalue weighted by Gasteiger charge is -2.12. The summed E-state index contributed by atoms with van der Waals surface area (Å²) in [5.41, 5.74) is 0. The van der Waals surface area contributed by atoms with Crippen molar-refractivity contribution in [3.63, 3.8) is 0 Å². The molecular weight excluding hydrogens is 303 g/mol. The van der Waals surface area contributed by atoms with Crippen molar-refractivity contribution >= 4 is 23.6 Å². The van der Waals surface area contributed by atoms with Crippen LogP contribution in [0.4, 0.5) is 4.39 Å². The lowest BCUT2D eigenvalue weighted by molar-refractivity contribution is -0.127. The van der Waals surface area contributed by atoms with E-state index in [1.165, 1.54) is 17.0 Å². The number of halogens is 1. The summed E-state index contributed by atoms with van der Waals surface area (Å²) in [5.74, 6) is 1.17. The Balaban J connectivity index is 2.36. The Morgan fingerprint density at radius 2 is 1.95 bits per heavy atom. The molecule has 0 bridgehead atoms. The molecule has 0 atom stereocenters. The van der Waals surface area contributed by atoms with E-state index >= 15 is 0 Å². The minimum Gasteiger partial charge on any atom is -0.357 e. The number of carbonyl (C=O) groups excluding carboxylic acids is 1. The quantitative estimate of drug-likeness (QED) is 0.346. The van der Waals surface area contributed by atoms with Gasteiger partial charge in [-0.3, -0.25) is 4.79 Å². The standard InChI is InChI=1S/C15H23FN4OS/c1-4-17-15(19-11-14(21)20(2)3)18-9-10-22-13-7-5-12(16)6-8-13/h5-8H,4,9-11H2,1-3H3,(H2,17,18,19). The van der Waals surface area contributed by atoms with Gasteiger partial charge in [0.1, 0.15) is 12.4 Å². The lowest BCUT2D eigenvalue weighted by Crippen LogP contribution is -2.39. The molecule has 0 radical (unpaired) electrons. The van der Waals surface area contributed by atoms with Crippen LogP contribution in [0.1, 0.15) is 6.92 Å². The third-order valence-electron chi connectivity index (χ3n) is 2.69. The fourth-order valence-electron chi connectivity index (χ4n) is 1.50. The highest BCUT2D eigenvalue weighted by atomic mass is 32.2. The molecule has 1 aromatic rings. The molecule has 0 aliphatic rings. The number of nitrogens with one attached hydrogen (secondary N) is 2. The predicted octanol–water partition coefficient (Wildman–Crippen LogP) is 1.56. The molecule has 2 N–H and O–H groups in total. The average molecular weight is 326 g/mol. The molecule has 0 heterocycles. The number of amides is 1. The molecule has 22 heavy (non-hydrogen) atoms. The molecule has 7 heteroatoms. The van der Waals surface area contributed by atoms with Crippen LogP contribution < -0.4 is 10.6 Å². The van der Waals surface area contributed by atoms with Gasteiger partial charge in [-0.25, -0.2) is 9.38 Å². The molecule has 1 aromatic carbocycles. The summed E-state index contributed by atoms with van der Waals surface area (Å²) in [5, 5.41) is 6.26. The Kier molecular flexibility index (Phi) is 8.35. The summed E-state index contributed by atoms with van der Waals surface area (Å²) in [6.07, 6.45) is 0. The molecule has 0 spiro atoms. The van der Waals surface area contributed by atoms with Crippen molar-refractivity contribution in [1.29, 1.82) is 0 Å². The number of hydrogen-bond donors (Lipinski definition) is 2. The molecule has 1 rings (SSSR count). The highest BCUT2D eigenvalue weighted by molar-refractivity contribution is 7.99. The van der Waals surface area contributed by atoms with Crippen molar-refractivity contribution in [3.8, 4) is 0 Å². The van der Waals surface area contributed by atoms with Crippen LogP contribution in [0.15, 0.2) is 34.2 Å². The van der Waals surface area contributed by atoms with Gasteiger partial charge in [-0.1, -0.05) is 0 Å². The number of carbonyl (C=O) groups is 1. The Hall–Kier alpha value is -1.76. The normalized spacial score (nSPS) is 11.2. The second-order valence-electron chi connectivity index (χ2n) is 4.71. The summed E-state index contributed by atoms with van der Waals surface area (Å²) >= 11 is 1.63. The van der Waals surface area contributed by atoms with E-state index in [0.29, 0.717) is 12.5 Å². The fraction of sp³-hybridized carbons (Fsp3) is 0.467. The molecule has 0 saturated carbocycles. The fourth-order valence-corrected chi connectivity index (χ4v) is 2.27. The van der Waals surface area contributed by atoms with E-state index < -0.39 is 0 Å². The van der Waals surface area contributed by atoms with Gasteiger partial charge in [-0.2, -0.15) is 0 Å². The van der Waals surface area contributed by atoms with E-state index in [0.717, 1.165) is 17.2 Å². The predicted molar refractivity (Wildman–Crippen MR) is 89.8 cm³/mol. The van der Waals surface area contributed by atoms with Crippen LogP contribution in [0.3, 0.4) is 0 Å². The molecule has 1 amide bonds. The van der Waals surface area contributed by atoms with Crippen molar-refractivity contribution in [1.82, 2.24) is 15.5 Å². The summed E-state index contributed by atoms with van der Waals surface area (Å²) in [6, 6.07) is 6.42. The second-order valence-corrected chi connectivity index (χ2v) is 5.88. The molecule has 0 unspecified atom stereocenters. The van der Waals surface area contributed by atoms with Crippen LogP contribution in [-0.2, 0) is 4.79 Å². The zero-order valence-corrected chi connectivity index (χ0v) is 14.0. The summed E-state index contributed by atoms with van der Waals surface area (Å²) in [4.78, 5) is 18.3. The van der Waals surface area contributed by atoms with Crippen LogP contribution in [0.2, 0.25) is 0 Å². The molecule has 122 valence electrons. The van der Waals surface area contributed by atoms with Crippen molar-refractivity contribution in [2.75, 3.05) is 39.5 Å². The highest BCUT2D eigenvalue weighted by Gasteiger charge is 2.03. The molecule has 0 aliphatic heterocycles. The first kappa shape index (κ1) is 18.3. The SMILES string of the molecule is CCNC(=NCC(=O)N(C)C)NCCSc1ccc(F)cc1. The van der Waals surface area contributed by atoms with Crippen LogP contribution in [0.5, 0.6) is 0 Å². The van der Waals surface area contributed by atoms with E-state index in [9.17, 15) is 9.18 Å². The van der Waals surface area contributed by atoms with Crippen LogP contribution in [0, 0.1) is 5.82 Å². The van der Waals surface area contributed by atoms with Gasteiger partial charge in [0.25, 0.3) is 0 Å². The number of rotatable bonds is 7.